The molecule has 2 heterocycles. The molecule has 1 unspecified atom stereocenters. The molecule has 0 aliphatic rings. The lowest BCUT2D eigenvalue weighted by Crippen LogP contribution is -2.58. The summed E-state index contributed by atoms with van der Waals surface area (Å²) in [5, 5.41) is 14.6. The Balaban J connectivity index is 0.000000280. The van der Waals surface area contributed by atoms with Crippen molar-refractivity contribution in [2.24, 2.45) is 0 Å². The summed E-state index contributed by atoms with van der Waals surface area (Å²) in [6.45, 7) is 4.25. The Labute approximate surface area is 107 Å². The Morgan fingerprint density at radius 3 is 2.72 bits per heavy atom. The molecular formula is C9H15N5O3S. The fourth-order valence-electron chi connectivity index (χ4n) is 0.870. The van der Waals surface area contributed by atoms with Gasteiger partial charge in [0.05, 0.1) is 6.04 Å². The molecule has 9 heteroatoms. The molecule has 0 spiro atoms. The molecular weight excluding hydrogens is 258 g/mol. The number of hydrogen-bond donors (Lipinski definition) is 1. The summed E-state index contributed by atoms with van der Waals surface area (Å²) in [6.07, 6.45) is 1.19. The first-order valence-electron chi connectivity index (χ1n) is 5.30. The summed E-state index contributed by atoms with van der Waals surface area (Å²) in [6, 6.07) is -0.124. The van der Waals surface area contributed by atoms with E-state index in [0.29, 0.717) is 10.8 Å². The normalized spacial score (nSPS) is 11.8. The second-order valence-electron chi connectivity index (χ2n) is 3.62. The fourth-order valence-corrected chi connectivity index (χ4v) is 1.40. The van der Waals surface area contributed by atoms with Crippen LogP contribution in [0.25, 0.3) is 10.3 Å². The third-order valence-electron chi connectivity index (χ3n) is 2.11. The van der Waals surface area contributed by atoms with Crippen LogP contribution in [0.2, 0.25) is 0 Å². The molecule has 100 valence electrons. The van der Waals surface area contributed by atoms with Crippen LogP contribution in [0.5, 0.6) is 6.01 Å². The Bertz CT molecular complexity index is 565. The fraction of sp³-hybridized carbons (Fsp3) is 0.556. The van der Waals surface area contributed by atoms with Crippen molar-refractivity contribution in [3.05, 3.63) is 10.4 Å². The molecule has 0 amide bonds. The van der Waals surface area contributed by atoms with E-state index in [4.69, 9.17) is 0 Å². The van der Waals surface area contributed by atoms with Gasteiger partial charge in [0.1, 0.15) is 13.1 Å². The summed E-state index contributed by atoms with van der Waals surface area (Å²) in [5.41, 5.74) is 3.17. The number of quaternary nitrogens is 1. The van der Waals surface area contributed by atoms with E-state index < -0.39 is 11.6 Å². The highest BCUT2D eigenvalue weighted by Gasteiger charge is 2.08. The first-order valence-corrected chi connectivity index (χ1v) is 6.08. The van der Waals surface area contributed by atoms with E-state index in [-0.39, 0.29) is 10.3 Å². The highest BCUT2D eigenvalue weighted by atomic mass is 32.1. The molecule has 2 rings (SSSR count). The summed E-state index contributed by atoms with van der Waals surface area (Å²) in [4.78, 5) is 19.6. The van der Waals surface area contributed by atoms with Crippen LogP contribution in [-0.4, -0.2) is 32.5 Å². The molecule has 2 aromatic heterocycles. The molecule has 0 aliphatic heterocycles. The molecule has 8 nitrogen and oxygen atoms in total. The van der Waals surface area contributed by atoms with Gasteiger partial charge in [-0.2, -0.15) is 0 Å². The van der Waals surface area contributed by atoms with Crippen molar-refractivity contribution < 1.29 is 15.7 Å². The van der Waals surface area contributed by atoms with Gasteiger partial charge in [0, 0.05) is 11.5 Å². The maximum atomic E-state index is 11.3. The van der Waals surface area contributed by atoms with Crippen LogP contribution in [0.4, 0.5) is 0 Å². The average Bonchev–Trinajstić information content (AvgIpc) is 2.78. The van der Waals surface area contributed by atoms with Crippen molar-refractivity contribution in [1.29, 1.82) is 0 Å². The largest absolute Gasteiger partial charge is 0.843 e. The van der Waals surface area contributed by atoms with Crippen molar-refractivity contribution in [2.75, 3.05) is 7.11 Å². The molecule has 0 bridgehead atoms. The van der Waals surface area contributed by atoms with Gasteiger partial charge in [-0.25, -0.2) is 4.98 Å². The zero-order chi connectivity index (χ0) is 13.7. The predicted molar refractivity (Wildman–Crippen MR) is 64.1 cm³/mol. The number of aromatic nitrogens is 4. The predicted octanol–water partition coefficient (Wildman–Crippen LogP) is -1.59. The third kappa shape index (κ3) is 3.14. The Kier molecular flexibility index (Phi) is 4.98. The van der Waals surface area contributed by atoms with E-state index >= 15 is 0 Å². The monoisotopic (exact) mass is 273 g/mol. The van der Waals surface area contributed by atoms with Crippen molar-refractivity contribution in [3.8, 4) is 6.01 Å². The average molecular weight is 273 g/mol. The van der Waals surface area contributed by atoms with E-state index in [1.54, 1.807) is 0 Å². The number of hydrogen-bond acceptors (Lipinski definition) is 7. The topological polar surface area (TPSA) is 121 Å². The Morgan fingerprint density at radius 2 is 2.22 bits per heavy atom. The summed E-state index contributed by atoms with van der Waals surface area (Å²) < 4.78 is 4.03. The van der Waals surface area contributed by atoms with Gasteiger partial charge in [0.15, 0.2) is 10.3 Å². The van der Waals surface area contributed by atoms with E-state index in [1.165, 1.54) is 13.5 Å². The van der Waals surface area contributed by atoms with Gasteiger partial charge in [-0.1, -0.05) is 11.4 Å². The van der Waals surface area contributed by atoms with Crippen molar-refractivity contribution in [1.82, 2.24) is 19.3 Å². The van der Waals surface area contributed by atoms with E-state index in [0.717, 1.165) is 11.5 Å². The SMILES string of the molecule is CCC(C)[NH3+].COn1c([O-])nc2snnc2c1=O. The van der Waals surface area contributed by atoms with Gasteiger partial charge in [-0.05, 0) is 13.3 Å². The molecule has 0 fully saturated rings. The van der Waals surface area contributed by atoms with Gasteiger partial charge in [0.25, 0.3) is 0 Å². The molecule has 0 aromatic carbocycles. The highest BCUT2D eigenvalue weighted by molar-refractivity contribution is 7.12. The lowest BCUT2D eigenvalue weighted by atomic mass is 10.3. The zero-order valence-corrected chi connectivity index (χ0v) is 11.2. The quantitative estimate of drug-likeness (QED) is 0.704. The number of nitrogens with zero attached hydrogens (tertiary/aromatic N) is 4. The van der Waals surface area contributed by atoms with Crippen LogP contribution in [0.3, 0.4) is 0 Å². The van der Waals surface area contributed by atoms with Gasteiger partial charge in [-0.3, -0.25) is 4.79 Å². The molecule has 0 aliphatic carbocycles. The summed E-state index contributed by atoms with van der Waals surface area (Å²) in [7, 11) is 1.20. The maximum absolute atomic E-state index is 11.3. The van der Waals surface area contributed by atoms with E-state index in [1.807, 2.05) is 0 Å². The van der Waals surface area contributed by atoms with Gasteiger partial charge in [0.2, 0.25) is 0 Å². The third-order valence-corrected chi connectivity index (χ3v) is 2.73. The number of rotatable bonds is 2. The minimum atomic E-state index is -0.758. The van der Waals surface area contributed by atoms with Crippen LogP contribution < -0.4 is 21.2 Å². The molecule has 3 N–H and O–H groups in total. The molecule has 0 radical (unpaired) electrons. The lowest BCUT2D eigenvalue weighted by Gasteiger charge is -2.11. The molecule has 18 heavy (non-hydrogen) atoms. The van der Waals surface area contributed by atoms with Gasteiger partial charge in [-0.15, -0.1) is 9.83 Å². The molecule has 2 aromatic rings. The highest BCUT2D eigenvalue weighted by Crippen LogP contribution is 2.09. The lowest BCUT2D eigenvalue weighted by molar-refractivity contribution is -0.414. The van der Waals surface area contributed by atoms with Crippen molar-refractivity contribution in [2.45, 2.75) is 26.3 Å². The van der Waals surface area contributed by atoms with Crippen LogP contribution >= 0.6 is 11.5 Å². The number of fused-ring (bicyclic) bond motifs is 1. The standard InChI is InChI=1S/C5H4N4O3S.C4H11N/c1-12-9-4(10)2-3(6-5(9)11)13-8-7-2;1-3-4(2)5/h1H3,(H,6,11);4H,3,5H2,1-2H3. The first-order chi connectivity index (χ1) is 8.51. The van der Waals surface area contributed by atoms with Crippen molar-refractivity contribution in [3.63, 3.8) is 0 Å². The molecule has 1 atom stereocenters. The van der Waals surface area contributed by atoms with E-state index in [9.17, 15) is 9.90 Å². The van der Waals surface area contributed by atoms with Gasteiger partial charge >= 0.3 is 5.56 Å². The minimum absolute atomic E-state index is 0.0476. The van der Waals surface area contributed by atoms with Gasteiger partial charge < -0.3 is 15.7 Å². The zero-order valence-electron chi connectivity index (χ0n) is 10.4. The van der Waals surface area contributed by atoms with Crippen LogP contribution in [0.15, 0.2) is 4.79 Å². The van der Waals surface area contributed by atoms with Crippen LogP contribution in [0.1, 0.15) is 20.3 Å². The Morgan fingerprint density at radius 1 is 1.61 bits per heavy atom. The molecule has 0 saturated carbocycles. The maximum Gasteiger partial charge on any atom is 0.314 e. The van der Waals surface area contributed by atoms with Crippen LogP contribution in [-0.2, 0) is 0 Å². The molecule has 0 saturated heterocycles. The second kappa shape index (κ2) is 6.26. The van der Waals surface area contributed by atoms with E-state index in [2.05, 4.69) is 39.0 Å². The second-order valence-corrected chi connectivity index (χ2v) is 4.35. The summed E-state index contributed by atoms with van der Waals surface area (Å²) >= 11 is 0.894. The minimum Gasteiger partial charge on any atom is -0.843 e. The Hall–Kier alpha value is -1.74. The van der Waals surface area contributed by atoms with Crippen molar-refractivity contribution >= 4 is 21.9 Å². The first kappa shape index (κ1) is 14.3. The van der Waals surface area contributed by atoms with Crippen LogP contribution in [0, 0.1) is 0 Å². The smallest absolute Gasteiger partial charge is 0.314 e. The summed E-state index contributed by atoms with van der Waals surface area (Å²) in [5.74, 6) is 0.